The summed E-state index contributed by atoms with van der Waals surface area (Å²) < 4.78 is 22.9. The van der Waals surface area contributed by atoms with Crippen LogP contribution >= 0.6 is 11.8 Å². The van der Waals surface area contributed by atoms with E-state index in [1.807, 2.05) is 6.92 Å². The molecule has 0 unspecified atom stereocenters. The molecule has 4 nitrogen and oxygen atoms in total. The van der Waals surface area contributed by atoms with Gasteiger partial charge in [-0.05, 0) is 55.9 Å². The lowest BCUT2D eigenvalue weighted by atomic mass is 10.1. The van der Waals surface area contributed by atoms with E-state index in [-0.39, 0.29) is 28.7 Å². The molecule has 2 atom stereocenters. The van der Waals surface area contributed by atoms with Crippen molar-refractivity contribution in [1.29, 1.82) is 0 Å². The van der Waals surface area contributed by atoms with Gasteiger partial charge in [-0.3, -0.25) is 4.79 Å². The number of aryl methyl sites for hydroxylation is 2. The van der Waals surface area contributed by atoms with E-state index in [4.69, 9.17) is 0 Å². The summed E-state index contributed by atoms with van der Waals surface area (Å²) in [6.45, 7) is 1.87. The second kappa shape index (κ2) is 6.24. The molecule has 1 aromatic rings. The number of carbonyl (C=O) groups excluding carboxylic acids is 1. The Labute approximate surface area is 136 Å². The van der Waals surface area contributed by atoms with Crippen molar-refractivity contribution in [1.82, 2.24) is 5.32 Å². The average molecular weight is 339 g/mol. The van der Waals surface area contributed by atoms with E-state index in [0.29, 0.717) is 6.42 Å². The summed E-state index contributed by atoms with van der Waals surface area (Å²) in [5, 5.41) is 2.65. The van der Waals surface area contributed by atoms with Crippen molar-refractivity contribution in [3.8, 4) is 0 Å². The van der Waals surface area contributed by atoms with Crippen LogP contribution in [0.3, 0.4) is 0 Å². The van der Waals surface area contributed by atoms with E-state index in [1.165, 1.54) is 29.3 Å². The molecule has 1 aliphatic carbocycles. The number of sulfone groups is 1. The lowest BCUT2D eigenvalue weighted by molar-refractivity contribution is -0.120. The van der Waals surface area contributed by atoms with E-state index < -0.39 is 9.84 Å². The van der Waals surface area contributed by atoms with Gasteiger partial charge in [0, 0.05) is 10.9 Å². The van der Waals surface area contributed by atoms with Crippen molar-refractivity contribution >= 4 is 27.5 Å². The molecule has 1 fully saturated rings. The number of hydrogen-bond donors (Lipinski definition) is 1. The highest BCUT2D eigenvalue weighted by Gasteiger charge is 2.30. The van der Waals surface area contributed by atoms with E-state index in [1.54, 1.807) is 0 Å². The van der Waals surface area contributed by atoms with Crippen molar-refractivity contribution < 1.29 is 13.2 Å². The third kappa shape index (κ3) is 3.66. The number of carbonyl (C=O) groups is 1. The molecule has 2 aliphatic rings. The number of hydrogen-bond acceptors (Lipinski definition) is 4. The first-order valence-electron chi connectivity index (χ1n) is 7.72. The van der Waals surface area contributed by atoms with Crippen LogP contribution < -0.4 is 5.32 Å². The first-order valence-corrected chi connectivity index (χ1v) is 10.4. The SMILES string of the molecule is C[C@H](Sc1ccc2c(c1)CCC2)C(=O)N[C@@H]1CCS(=O)(=O)C1. The fraction of sp³-hybridized carbons (Fsp3) is 0.562. The quantitative estimate of drug-likeness (QED) is 0.852. The Morgan fingerprint density at radius 1 is 1.32 bits per heavy atom. The topological polar surface area (TPSA) is 63.2 Å². The van der Waals surface area contributed by atoms with Gasteiger partial charge in [0.25, 0.3) is 0 Å². The zero-order valence-electron chi connectivity index (χ0n) is 12.7. The van der Waals surface area contributed by atoms with E-state index in [2.05, 4.69) is 23.5 Å². The smallest absolute Gasteiger partial charge is 0.233 e. The molecule has 1 amide bonds. The molecule has 6 heteroatoms. The molecule has 120 valence electrons. The summed E-state index contributed by atoms with van der Waals surface area (Å²) >= 11 is 1.54. The largest absolute Gasteiger partial charge is 0.351 e. The van der Waals surface area contributed by atoms with Crippen LogP contribution in [0.5, 0.6) is 0 Å². The molecule has 1 saturated heterocycles. The molecular weight excluding hydrogens is 318 g/mol. The Kier molecular flexibility index (Phi) is 4.50. The van der Waals surface area contributed by atoms with Gasteiger partial charge in [0.2, 0.25) is 5.91 Å². The van der Waals surface area contributed by atoms with Crippen molar-refractivity contribution in [2.24, 2.45) is 0 Å². The van der Waals surface area contributed by atoms with E-state index in [0.717, 1.165) is 17.7 Å². The molecule has 1 N–H and O–H groups in total. The number of fused-ring (bicyclic) bond motifs is 1. The highest BCUT2D eigenvalue weighted by atomic mass is 32.2. The molecule has 22 heavy (non-hydrogen) atoms. The second-order valence-corrected chi connectivity index (χ2v) is 9.80. The summed E-state index contributed by atoms with van der Waals surface area (Å²) in [5.41, 5.74) is 2.83. The van der Waals surface area contributed by atoms with Crippen molar-refractivity contribution in [2.45, 2.75) is 48.8 Å². The van der Waals surface area contributed by atoms with Gasteiger partial charge in [-0.25, -0.2) is 8.42 Å². The van der Waals surface area contributed by atoms with Gasteiger partial charge in [0.15, 0.2) is 9.84 Å². The fourth-order valence-corrected chi connectivity index (χ4v) is 5.72. The lowest BCUT2D eigenvalue weighted by Crippen LogP contribution is -2.39. The molecule has 0 aromatic heterocycles. The predicted octanol–water partition coefficient (Wildman–Crippen LogP) is 1.96. The van der Waals surface area contributed by atoms with Crippen LogP contribution in [-0.4, -0.2) is 37.1 Å². The fourth-order valence-electron chi connectivity index (χ4n) is 3.11. The van der Waals surface area contributed by atoms with Crippen LogP contribution in [0.25, 0.3) is 0 Å². The third-order valence-electron chi connectivity index (χ3n) is 4.33. The highest BCUT2D eigenvalue weighted by Crippen LogP contribution is 2.30. The maximum atomic E-state index is 12.2. The predicted molar refractivity (Wildman–Crippen MR) is 89.0 cm³/mol. The molecule has 0 radical (unpaired) electrons. The first-order chi connectivity index (χ1) is 10.4. The van der Waals surface area contributed by atoms with E-state index >= 15 is 0 Å². The van der Waals surface area contributed by atoms with Crippen LogP contribution in [0.15, 0.2) is 23.1 Å². The maximum absolute atomic E-state index is 12.2. The summed E-state index contributed by atoms with van der Waals surface area (Å²) in [6, 6.07) is 6.22. The van der Waals surface area contributed by atoms with Gasteiger partial charge in [0.1, 0.15) is 0 Å². The average Bonchev–Trinajstić information content (AvgIpc) is 3.04. The number of amides is 1. The highest BCUT2D eigenvalue weighted by molar-refractivity contribution is 8.00. The van der Waals surface area contributed by atoms with Crippen molar-refractivity contribution in [2.75, 3.05) is 11.5 Å². The van der Waals surface area contributed by atoms with Crippen LogP contribution in [0.4, 0.5) is 0 Å². The Bertz CT molecular complexity index is 685. The van der Waals surface area contributed by atoms with Gasteiger partial charge in [-0.2, -0.15) is 0 Å². The van der Waals surface area contributed by atoms with Crippen molar-refractivity contribution in [3.63, 3.8) is 0 Å². The number of thioether (sulfide) groups is 1. The Hall–Kier alpha value is -1.01. The Balaban J connectivity index is 1.57. The molecule has 0 saturated carbocycles. The summed E-state index contributed by atoms with van der Waals surface area (Å²) in [6.07, 6.45) is 4.04. The van der Waals surface area contributed by atoms with Crippen LogP contribution in [-0.2, 0) is 27.5 Å². The minimum absolute atomic E-state index is 0.0763. The molecule has 1 aromatic carbocycles. The molecule has 0 bridgehead atoms. The first kappa shape index (κ1) is 15.9. The maximum Gasteiger partial charge on any atom is 0.233 e. The zero-order valence-corrected chi connectivity index (χ0v) is 14.3. The van der Waals surface area contributed by atoms with Gasteiger partial charge in [0.05, 0.1) is 16.8 Å². The molecule has 1 heterocycles. The van der Waals surface area contributed by atoms with Gasteiger partial charge < -0.3 is 5.32 Å². The normalized spacial score (nSPS) is 24.0. The monoisotopic (exact) mass is 339 g/mol. The Morgan fingerprint density at radius 2 is 2.09 bits per heavy atom. The van der Waals surface area contributed by atoms with Gasteiger partial charge >= 0.3 is 0 Å². The minimum Gasteiger partial charge on any atom is -0.351 e. The zero-order chi connectivity index (χ0) is 15.7. The number of benzene rings is 1. The van der Waals surface area contributed by atoms with E-state index in [9.17, 15) is 13.2 Å². The third-order valence-corrected chi connectivity index (χ3v) is 7.19. The molecule has 1 aliphatic heterocycles. The van der Waals surface area contributed by atoms with Crippen LogP contribution in [0.1, 0.15) is 30.9 Å². The van der Waals surface area contributed by atoms with Crippen molar-refractivity contribution in [3.05, 3.63) is 29.3 Å². The minimum atomic E-state index is -2.95. The summed E-state index contributed by atoms with van der Waals surface area (Å²) in [4.78, 5) is 13.3. The van der Waals surface area contributed by atoms with Crippen LogP contribution in [0.2, 0.25) is 0 Å². The molecular formula is C16H21NO3S2. The number of rotatable bonds is 4. The van der Waals surface area contributed by atoms with Gasteiger partial charge in [-0.15, -0.1) is 11.8 Å². The summed E-state index contributed by atoms with van der Waals surface area (Å²) in [7, 11) is -2.95. The number of nitrogens with one attached hydrogen (secondary N) is 1. The van der Waals surface area contributed by atoms with Crippen LogP contribution in [0, 0.1) is 0 Å². The molecule has 3 rings (SSSR count). The Morgan fingerprint density at radius 3 is 2.82 bits per heavy atom. The van der Waals surface area contributed by atoms with Gasteiger partial charge in [-0.1, -0.05) is 6.07 Å². The standard InChI is InChI=1S/C16H21NO3S2/c1-11(16(18)17-14-7-8-22(19,20)10-14)21-15-6-5-12-3-2-4-13(12)9-15/h5-6,9,11,14H,2-4,7-8,10H2,1H3,(H,17,18)/t11-,14+/m0/s1. The second-order valence-electron chi connectivity index (χ2n) is 6.15. The molecule has 0 spiro atoms. The summed E-state index contributed by atoms with van der Waals surface area (Å²) in [5.74, 6) is 0.187. The lowest BCUT2D eigenvalue weighted by Gasteiger charge is -2.16.